The summed E-state index contributed by atoms with van der Waals surface area (Å²) < 4.78 is 4.99. The highest BCUT2D eigenvalue weighted by Gasteiger charge is 2.23. The smallest absolute Gasteiger partial charge is 0.261 e. The molecule has 0 aliphatic heterocycles. The van der Waals surface area contributed by atoms with E-state index >= 15 is 0 Å². The molecule has 0 aliphatic carbocycles. The van der Waals surface area contributed by atoms with Gasteiger partial charge in [-0.05, 0) is 18.6 Å². The fourth-order valence-corrected chi connectivity index (χ4v) is 2.82. The molecule has 1 rings (SSSR count). The molecular weight excluding hydrogens is 378 g/mol. The third-order valence-corrected chi connectivity index (χ3v) is 4.71. The van der Waals surface area contributed by atoms with Crippen molar-refractivity contribution in [3.05, 3.63) is 21.9 Å². The zero-order valence-corrected chi connectivity index (χ0v) is 19.1. The van der Waals surface area contributed by atoms with Gasteiger partial charge in [-0.15, -0.1) is 11.3 Å². The minimum Gasteiger partial charge on any atom is -0.379 e. The number of ether oxygens (including phenoxy) is 1. The number of hydrogen-bond donors (Lipinski definition) is 2. The molecule has 0 saturated heterocycles. The number of nitrogens with zero attached hydrogens (tertiary/aromatic N) is 1. The van der Waals surface area contributed by atoms with E-state index in [1.807, 2.05) is 13.8 Å². The van der Waals surface area contributed by atoms with Gasteiger partial charge in [-0.1, -0.05) is 47.5 Å². The molecule has 3 N–H and O–H groups in total. The molecule has 7 nitrogen and oxygen atoms in total. The predicted octanol–water partition coefficient (Wildman–Crippen LogP) is 3.67. The third-order valence-electron chi connectivity index (χ3n) is 3.65. The minimum absolute atomic E-state index is 0. The maximum absolute atomic E-state index is 12.0. The normalized spacial score (nSPS) is 10.5. The third kappa shape index (κ3) is 11.0. The van der Waals surface area contributed by atoms with Crippen molar-refractivity contribution in [2.75, 3.05) is 20.7 Å². The Kier molecular flexibility index (Phi) is 17.4. The largest absolute Gasteiger partial charge is 0.379 e. The first kappa shape index (κ1) is 28.3. The zero-order valence-electron chi connectivity index (χ0n) is 18.3. The summed E-state index contributed by atoms with van der Waals surface area (Å²) in [5.41, 5.74) is 5.23. The highest BCUT2D eigenvalue weighted by molar-refractivity contribution is 7.14. The number of methoxy groups -OCH3 is 1. The van der Waals surface area contributed by atoms with E-state index in [-0.39, 0.29) is 21.2 Å². The SMILES string of the molecule is CC.CCC(C(N)=O)N(C)C(=O)CNC(=O)c1ccc(COC)s1.CCCC.[HH].[HH]. The van der Waals surface area contributed by atoms with Gasteiger partial charge < -0.3 is 20.7 Å². The lowest BCUT2D eigenvalue weighted by Gasteiger charge is -2.24. The molecule has 1 unspecified atom stereocenters. The summed E-state index contributed by atoms with van der Waals surface area (Å²) in [7, 11) is 3.08. The van der Waals surface area contributed by atoms with Crippen LogP contribution in [0.15, 0.2) is 12.1 Å². The Hall–Kier alpha value is -1.93. The molecule has 3 amide bonds. The van der Waals surface area contributed by atoms with Crippen molar-refractivity contribution in [3.8, 4) is 0 Å². The maximum Gasteiger partial charge on any atom is 0.261 e. The molecule has 1 heterocycles. The summed E-state index contributed by atoms with van der Waals surface area (Å²) in [6.45, 7) is 10.4. The number of primary amides is 1. The molecule has 28 heavy (non-hydrogen) atoms. The monoisotopic (exact) mass is 419 g/mol. The number of carbonyl (C=O) groups excluding carboxylic acids is 3. The van der Waals surface area contributed by atoms with Crippen LogP contribution in [0.3, 0.4) is 0 Å². The van der Waals surface area contributed by atoms with Crippen molar-refractivity contribution in [1.29, 1.82) is 0 Å². The minimum atomic E-state index is -0.667. The van der Waals surface area contributed by atoms with Gasteiger partial charge in [0.2, 0.25) is 11.8 Å². The summed E-state index contributed by atoms with van der Waals surface area (Å²) in [6.07, 6.45) is 3.07. The summed E-state index contributed by atoms with van der Waals surface area (Å²) in [4.78, 5) is 37.9. The van der Waals surface area contributed by atoms with Crippen LogP contribution in [0.4, 0.5) is 0 Å². The molecule has 8 heteroatoms. The lowest BCUT2D eigenvalue weighted by molar-refractivity contribution is -0.137. The Morgan fingerprint density at radius 2 is 1.79 bits per heavy atom. The van der Waals surface area contributed by atoms with Gasteiger partial charge in [0.15, 0.2) is 0 Å². The fraction of sp³-hybridized carbons (Fsp3) is 0.650. The van der Waals surface area contributed by atoms with Crippen molar-refractivity contribution in [2.24, 2.45) is 5.73 Å². The summed E-state index contributed by atoms with van der Waals surface area (Å²) in [5.74, 6) is -1.26. The first-order valence-corrected chi connectivity index (χ1v) is 10.5. The van der Waals surface area contributed by atoms with Crippen LogP contribution in [-0.4, -0.2) is 49.4 Å². The number of amides is 3. The number of rotatable bonds is 9. The van der Waals surface area contributed by atoms with E-state index in [1.54, 1.807) is 26.2 Å². The molecule has 0 radical (unpaired) electrons. The van der Waals surface area contributed by atoms with Gasteiger partial charge >= 0.3 is 0 Å². The number of hydrogen-bond acceptors (Lipinski definition) is 5. The van der Waals surface area contributed by atoms with E-state index in [4.69, 9.17) is 10.5 Å². The molecule has 1 aromatic heterocycles. The van der Waals surface area contributed by atoms with Crippen LogP contribution in [0.25, 0.3) is 0 Å². The number of nitrogens with one attached hydrogen (secondary N) is 1. The van der Waals surface area contributed by atoms with Crippen molar-refractivity contribution in [2.45, 2.75) is 66.5 Å². The highest BCUT2D eigenvalue weighted by Crippen LogP contribution is 2.16. The highest BCUT2D eigenvalue weighted by atomic mass is 32.1. The summed E-state index contributed by atoms with van der Waals surface area (Å²) >= 11 is 1.31. The Balaban J connectivity index is -0.000000377. The average Bonchev–Trinajstić information content (AvgIpc) is 3.16. The van der Waals surface area contributed by atoms with Crippen LogP contribution in [0.1, 0.15) is 71.3 Å². The van der Waals surface area contributed by atoms with Crippen LogP contribution < -0.4 is 11.1 Å². The van der Waals surface area contributed by atoms with Gasteiger partial charge in [-0.25, -0.2) is 0 Å². The Bertz CT molecular complexity index is 584. The van der Waals surface area contributed by atoms with Gasteiger partial charge in [-0.3, -0.25) is 14.4 Å². The lowest BCUT2D eigenvalue weighted by atomic mass is 10.2. The van der Waals surface area contributed by atoms with Crippen LogP contribution >= 0.6 is 11.3 Å². The van der Waals surface area contributed by atoms with E-state index in [1.165, 1.54) is 36.1 Å². The summed E-state index contributed by atoms with van der Waals surface area (Å²) in [5, 5.41) is 2.54. The Morgan fingerprint density at radius 1 is 1.21 bits per heavy atom. The predicted molar refractivity (Wildman–Crippen MR) is 120 cm³/mol. The second-order valence-corrected chi connectivity index (χ2v) is 6.88. The van der Waals surface area contributed by atoms with E-state index in [0.717, 1.165) is 4.88 Å². The molecule has 0 fully saturated rings. The lowest BCUT2D eigenvalue weighted by Crippen LogP contribution is -2.48. The number of carbonyl (C=O) groups is 3. The van der Waals surface area contributed by atoms with Crippen molar-refractivity contribution in [1.82, 2.24) is 10.2 Å². The van der Waals surface area contributed by atoms with Crippen LogP contribution in [0, 0.1) is 0 Å². The van der Waals surface area contributed by atoms with E-state index in [9.17, 15) is 14.4 Å². The van der Waals surface area contributed by atoms with Gasteiger partial charge in [0.25, 0.3) is 5.91 Å². The van der Waals surface area contributed by atoms with Crippen LogP contribution in [0.2, 0.25) is 0 Å². The molecule has 166 valence electrons. The van der Waals surface area contributed by atoms with Gasteiger partial charge in [0.05, 0.1) is 18.0 Å². The molecule has 0 aromatic carbocycles. The number of unbranched alkanes of at least 4 members (excludes halogenated alkanes) is 1. The first-order valence-electron chi connectivity index (χ1n) is 9.72. The molecule has 1 atom stereocenters. The first-order chi connectivity index (χ1) is 13.3. The topological polar surface area (TPSA) is 102 Å². The van der Waals surface area contributed by atoms with Crippen molar-refractivity contribution in [3.63, 3.8) is 0 Å². The van der Waals surface area contributed by atoms with Crippen LogP contribution in [0.5, 0.6) is 0 Å². The number of nitrogens with two attached hydrogens (primary N) is 1. The molecule has 0 spiro atoms. The van der Waals surface area contributed by atoms with Gasteiger partial charge in [0.1, 0.15) is 6.04 Å². The number of likely N-dealkylation sites (N-methyl/N-ethyl adjacent to an activating group) is 1. The molecule has 0 saturated carbocycles. The van der Waals surface area contributed by atoms with Gasteiger partial charge in [-0.2, -0.15) is 0 Å². The Labute approximate surface area is 176 Å². The summed E-state index contributed by atoms with van der Waals surface area (Å²) in [6, 6.07) is 2.82. The molecule has 1 aromatic rings. The zero-order chi connectivity index (χ0) is 22.1. The number of thiophene rings is 1. The van der Waals surface area contributed by atoms with Crippen molar-refractivity contribution < 1.29 is 22.0 Å². The molecule has 0 bridgehead atoms. The van der Waals surface area contributed by atoms with E-state index in [2.05, 4.69) is 19.2 Å². The standard InChI is InChI=1S/C14H21N3O4S.C4H10.C2H6.2H2/c1-4-10(13(15)19)17(2)12(18)7-16-14(20)11-6-5-9(22-11)8-21-3;1-3-4-2;1-2;;/h5-6,10H,4,7-8H2,1-3H3,(H2,15,19)(H,16,20);3-4H2,1-2H3;1-2H3;2*1H. The molecule has 0 aliphatic rings. The van der Waals surface area contributed by atoms with Crippen molar-refractivity contribution >= 4 is 29.1 Å². The molecular formula is C20H41N3O4S. The fourth-order valence-electron chi connectivity index (χ4n) is 1.93. The Morgan fingerprint density at radius 3 is 2.21 bits per heavy atom. The quantitative estimate of drug-likeness (QED) is 0.637. The van der Waals surface area contributed by atoms with Crippen LogP contribution in [-0.2, 0) is 20.9 Å². The van der Waals surface area contributed by atoms with E-state index < -0.39 is 11.9 Å². The maximum atomic E-state index is 12.0. The van der Waals surface area contributed by atoms with E-state index in [0.29, 0.717) is 17.9 Å². The second kappa shape index (κ2) is 17.2. The average molecular weight is 420 g/mol. The second-order valence-electron chi connectivity index (χ2n) is 5.71. The van der Waals surface area contributed by atoms with Gasteiger partial charge in [0, 0.05) is 21.9 Å².